The Morgan fingerprint density at radius 3 is 2.50 bits per heavy atom. The van der Waals surface area contributed by atoms with Gasteiger partial charge in [-0.2, -0.15) is 0 Å². The summed E-state index contributed by atoms with van der Waals surface area (Å²) in [5.41, 5.74) is 0. The van der Waals surface area contributed by atoms with Gasteiger partial charge in [-0.15, -0.1) is 0 Å². The summed E-state index contributed by atoms with van der Waals surface area (Å²) in [4.78, 5) is 0. The van der Waals surface area contributed by atoms with Gasteiger partial charge in [-0.25, -0.2) is 0 Å². The summed E-state index contributed by atoms with van der Waals surface area (Å²) in [5, 5.41) is 12.0. The van der Waals surface area contributed by atoms with Crippen LogP contribution in [0.15, 0.2) is 0 Å². The number of nitrogens with one attached hydrogen (secondary N) is 1. The van der Waals surface area contributed by atoms with Crippen molar-refractivity contribution in [2.24, 2.45) is 5.92 Å². The van der Waals surface area contributed by atoms with Crippen LogP contribution < -0.4 is 5.32 Å². The summed E-state index contributed by atoms with van der Waals surface area (Å²) >= 11 is 0. The van der Waals surface area contributed by atoms with Crippen LogP contribution in [-0.4, -0.2) is 24.8 Å². The second-order valence-corrected chi connectivity index (χ2v) is 2.60. The number of hydrogen-bond donors (Lipinski definition) is 2. The van der Waals surface area contributed by atoms with Gasteiger partial charge in [-0.3, -0.25) is 0 Å². The van der Waals surface area contributed by atoms with Gasteiger partial charge in [0.2, 0.25) is 0 Å². The number of rotatable bonds is 6. The van der Waals surface area contributed by atoms with E-state index in [0.717, 1.165) is 25.9 Å². The third-order valence-electron chi connectivity index (χ3n) is 1.81. The fourth-order valence-corrected chi connectivity index (χ4v) is 0.907. The molecule has 2 nitrogen and oxygen atoms in total. The summed E-state index contributed by atoms with van der Waals surface area (Å²) < 4.78 is 0. The first kappa shape index (κ1) is 9.92. The lowest BCUT2D eigenvalue weighted by Crippen LogP contribution is -2.18. The minimum absolute atomic E-state index is 0.335. The molecule has 0 aliphatic rings. The number of aliphatic hydroxyl groups is 1. The topological polar surface area (TPSA) is 32.3 Å². The van der Waals surface area contributed by atoms with E-state index in [1.54, 1.807) is 0 Å². The van der Waals surface area contributed by atoms with Crippen LogP contribution in [0.3, 0.4) is 0 Å². The van der Waals surface area contributed by atoms with Crippen LogP contribution in [0.4, 0.5) is 0 Å². The Bertz CT molecular complexity index is 62.3. The van der Waals surface area contributed by atoms with Crippen LogP contribution in [0, 0.1) is 5.92 Å². The van der Waals surface area contributed by atoms with Gasteiger partial charge in [-0.1, -0.05) is 20.3 Å². The Morgan fingerprint density at radius 2 is 2.10 bits per heavy atom. The average molecular weight is 145 g/mol. The lowest BCUT2D eigenvalue weighted by atomic mass is 10.0. The Morgan fingerprint density at radius 1 is 1.40 bits per heavy atom. The Labute approximate surface area is 63.6 Å². The van der Waals surface area contributed by atoms with Gasteiger partial charge in [0.15, 0.2) is 0 Å². The van der Waals surface area contributed by atoms with Crippen molar-refractivity contribution in [1.29, 1.82) is 0 Å². The van der Waals surface area contributed by atoms with E-state index in [0.29, 0.717) is 12.5 Å². The standard InChI is InChI=1S/C8H19NO/c1-3-8(7-10)5-6-9-4-2/h8-10H,3-7H2,1-2H3. The molecule has 0 aliphatic heterocycles. The molecule has 1 atom stereocenters. The Hall–Kier alpha value is -0.0800. The van der Waals surface area contributed by atoms with Crippen LogP contribution in [0.1, 0.15) is 26.7 Å². The van der Waals surface area contributed by atoms with Crippen molar-refractivity contribution < 1.29 is 5.11 Å². The molecule has 0 amide bonds. The van der Waals surface area contributed by atoms with Crippen LogP contribution in [-0.2, 0) is 0 Å². The molecular formula is C8H19NO. The zero-order valence-corrected chi connectivity index (χ0v) is 7.06. The molecule has 0 aliphatic carbocycles. The zero-order chi connectivity index (χ0) is 7.82. The van der Waals surface area contributed by atoms with Gasteiger partial charge in [0.05, 0.1) is 0 Å². The first-order valence-corrected chi connectivity index (χ1v) is 4.16. The lowest BCUT2D eigenvalue weighted by Gasteiger charge is -2.10. The molecule has 0 heterocycles. The molecule has 0 aromatic carbocycles. The van der Waals surface area contributed by atoms with E-state index in [2.05, 4.69) is 19.2 Å². The smallest absolute Gasteiger partial charge is 0.0459 e. The highest BCUT2D eigenvalue weighted by Gasteiger charge is 2.01. The van der Waals surface area contributed by atoms with Crippen molar-refractivity contribution in [3.05, 3.63) is 0 Å². The lowest BCUT2D eigenvalue weighted by molar-refractivity contribution is 0.214. The molecule has 2 heteroatoms. The molecule has 1 unspecified atom stereocenters. The van der Waals surface area contributed by atoms with Crippen LogP contribution in [0.25, 0.3) is 0 Å². The van der Waals surface area contributed by atoms with Crippen molar-refractivity contribution in [1.82, 2.24) is 5.32 Å². The SMILES string of the molecule is CCNCCC(CC)CO. The molecule has 0 saturated heterocycles. The number of hydrogen-bond acceptors (Lipinski definition) is 2. The average Bonchev–Trinajstić information content (AvgIpc) is 1.99. The second-order valence-electron chi connectivity index (χ2n) is 2.60. The maximum absolute atomic E-state index is 8.80. The van der Waals surface area contributed by atoms with Gasteiger partial charge in [-0.05, 0) is 25.4 Å². The zero-order valence-electron chi connectivity index (χ0n) is 7.06. The first-order valence-electron chi connectivity index (χ1n) is 4.16. The summed E-state index contributed by atoms with van der Waals surface area (Å²) in [5.74, 6) is 0.499. The Kier molecular flexibility index (Phi) is 6.98. The minimum Gasteiger partial charge on any atom is -0.396 e. The second kappa shape index (κ2) is 7.03. The van der Waals surface area contributed by atoms with Gasteiger partial charge in [0.1, 0.15) is 0 Å². The Balaban J connectivity index is 3.09. The van der Waals surface area contributed by atoms with E-state index in [1.165, 1.54) is 0 Å². The van der Waals surface area contributed by atoms with Crippen molar-refractivity contribution in [3.8, 4) is 0 Å². The molecule has 0 aromatic rings. The van der Waals surface area contributed by atoms with E-state index < -0.39 is 0 Å². The molecule has 0 saturated carbocycles. The highest BCUT2D eigenvalue weighted by molar-refractivity contribution is 4.56. The van der Waals surface area contributed by atoms with Gasteiger partial charge in [0, 0.05) is 6.61 Å². The molecule has 0 spiro atoms. The summed E-state index contributed by atoms with van der Waals surface area (Å²) in [6.07, 6.45) is 2.18. The third kappa shape index (κ3) is 4.77. The van der Waals surface area contributed by atoms with Gasteiger partial charge >= 0.3 is 0 Å². The van der Waals surface area contributed by atoms with Crippen molar-refractivity contribution in [3.63, 3.8) is 0 Å². The van der Waals surface area contributed by atoms with E-state index in [9.17, 15) is 0 Å². The van der Waals surface area contributed by atoms with Crippen LogP contribution in [0.5, 0.6) is 0 Å². The predicted molar refractivity (Wildman–Crippen MR) is 44.0 cm³/mol. The van der Waals surface area contributed by atoms with Crippen molar-refractivity contribution >= 4 is 0 Å². The largest absolute Gasteiger partial charge is 0.396 e. The monoisotopic (exact) mass is 145 g/mol. The first-order chi connectivity index (χ1) is 4.85. The van der Waals surface area contributed by atoms with E-state index in [1.807, 2.05) is 0 Å². The molecule has 0 radical (unpaired) electrons. The van der Waals surface area contributed by atoms with Crippen LogP contribution in [0.2, 0.25) is 0 Å². The van der Waals surface area contributed by atoms with E-state index in [-0.39, 0.29) is 0 Å². The molecule has 0 aromatic heterocycles. The predicted octanol–water partition coefficient (Wildman–Crippen LogP) is 1.00. The molecule has 10 heavy (non-hydrogen) atoms. The maximum Gasteiger partial charge on any atom is 0.0459 e. The van der Waals surface area contributed by atoms with Gasteiger partial charge < -0.3 is 10.4 Å². The third-order valence-corrected chi connectivity index (χ3v) is 1.81. The quantitative estimate of drug-likeness (QED) is 0.547. The molecule has 62 valence electrons. The summed E-state index contributed by atoms with van der Waals surface area (Å²) in [6.45, 7) is 6.62. The molecule has 2 N–H and O–H groups in total. The molecule has 0 rings (SSSR count). The minimum atomic E-state index is 0.335. The normalized spacial score (nSPS) is 13.5. The van der Waals surface area contributed by atoms with E-state index >= 15 is 0 Å². The maximum atomic E-state index is 8.80. The molecular weight excluding hydrogens is 126 g/mol. The summed E-state index contributed by atoms with van der Waals surface area (Å²) in [6, 6.07) is 0. The van der Waals surface area contributed by atoms with Crippen molar-refractivity contribution in [2.75, 3.05) is 19.7 Å². The van der Waals surface area contributed by atoms with Gasteiger partial charge in [0.25, 0.3) is 0 Å². The van der Waals surface area contributed by atoms with Crippen LogP contribution >= 0.6 is 0 Å². The number of aliphatic hydroxyl groups excluding tert-OH is 1. The van der Waals surface area contributed by atoms with Crippen molar-refractivity contribution in [2.45, 2.75) is 26.7 Å². The van der Waals surface area contributed by atoms with E-state index in [4.69, 9.17) is 5.11 Å². The fourth-order valence-electron chi connectivity index (χ4n) is 0.907. The highest BCUT2D eigenvalue weighted by atomic mass is 16.3. The molecule has 0 bridgehead atoms. The molecule has 0 fully saturated rings. The highest BCUT2D eigenvalue weighted by Crippen LogP contribution is 2.04. The fraction of sp³-hybridized carbons (Fsp3) is 1.00. The summed E-state index contributed by atoms with van der Waals surface area (Å²) in [7, 11) is 0.